The molecule has 0 spiro atoms. The summed E-state index contributed by atoms with van der Waals surface area (Å²) in [4.78, 5) is 0. The maximum Gasteiger partial charge on any atom is 0.244 e. The molecule has 0 bridgehead atoms. The summed E-state index contributed by atoms with van der Waals surface area (Å²) < 4.78 is 0. The zero-order valence-corrected chi connectivity index (χ0v) is 5.05. The molecule has 0 aromatic rings. The molecule has 0 amide bonds. The van der Waals surface area contributed by atoms with Gasteiger partial charge in [0.1, 0.15) is 6.10 Å². The number of aliphatic hydroxyl groups is 6. The molecule has 1 unspecified atom stereocenters. The predicted molar refractivity (Wildman–Crippen MR) is 28.5 cm³/mol. The quantitative estimate of drug-likeness (QED) is 0.233. The molecule has 0 aliphatic rings. The van der Waals surface area contributed by atoms with Crippen LogP contribution in [0.25, 0.3) is 0 Å². The Kier molecular flexibility index (Phi) is 3.16. The predicted octanol–water partition coefficient (Wildman–Crippen LogP) is -3.67. The summed E-state index contributed by atoms with van der Waals surface area (Å²) in [7, 11) is 0. The largest absolute Gasteiger partial charge is 0.393 e. The molecule has 6 N–H and O–H groups in total. The van der Waals surface area contributed by atoms with Gasteiger partial charge in [0.2, 0.25) is 12.1 Å². The summed E-state index contributed by atoms with van der Waals surface area (Å²) in [6, 6.07) is 0. The van der Waals surface area contributed by atoms with Crippen LogP contribution in [0.5, 0.6) is 0 Å². The fourth-order valence-electron chi connectivity index (χ4n) is 0.306. The first kappa shape index (κ1) is 9.76. The molecule has 6 nitrogen and oxygen atoms in total. The highest BCUT2D eigenvalue weighted by atomic mass is 16.6. The second-order valence-electron chi connectivity index (χ2n) is 1.86. The number of hydrogen-bond acceptors (Lipinski definition) is 6. The number of aliphatic hydroxyl groups excluding tert-OH is 3. The minimum atomic E-state index is -3.07. The summed E-state index contributed by atoms with van der Waals surface area (Å²) in [5, 5.41) is 50.0. The Balaban J connectivity index is 4.09. The van der Waals surface area contributed by atoms with E-state index < -0.39 is 24.8 Å². The van der Waals surface area contributed by atoms with Crippen LogP contribution in [0, 0.1) is 0 Å². The molecule has 6 heteroatoms. The third-order valence-corrected chi connectivity index (χ3v) is 1.04. The Hall–Kier alpha value is -0.240. The van der Waals surface area contributed by atoms with Gasteiger partial charge in [0.25, 0.3) is 0 Å². The molecule has 0 aliphatic carbocycles. The van der Waals surface area contributed by atoms with Crippen molar-refractivity contribution in [2.75, 3.05) is 6.61 Å². The molecule has 0 heterocycles. The van der Waals surface area contributed by atoms with E-state index in [1.165, 1.54) is 0 Å². The van der Waals surface area contributed by atoms with Crippen LogP contribution in [-0.4, -0.2) is 55.4 Å². The SMILES string of the molecule is OCC(O)C(O)(O)C(O)O. The molecule has 10 heavy (non-hydrogen) atoms. The van der Waals surface area contributed by atoms with Crippen molar-refractivity contribution in [2.24, 2.45) is 0 Å². The lowest BCUT2D eigenvalue weighted by Gasteiger charge is -2.26. The van der Waals surface area contributed by atoms with Crippen molar-refractivity contribution in [2.45, 2.75) is 18.2 Å². The van der Waals surface area contributed by atoms with Crippen LogP contribution in [0.4, 0.5) is 0 Å². The standard InChI is InChI=1S/C4H10O6/c5-1-2(6)4(9,10)3(7)8/h2-3,5-10H,1H2. The van der Waals surface area contributed by atoms with Crippen molar-refractivity contribution in [1.29, 1.82) is 0 Å². The van der Waals surface area contributed by atoms with Crippen LogP contribution in [-0.2, 0) is 0 Å². The Labute approximate surface area is 56.6 Å². The zero-order chi connectivity index (χ0) is 8.36. The van der Waals surface area contributed by atoms with Gasteiger partial charge in [0.05, 0.1) is 6.61 Å². The van der Waals surface area contributed by atoms with Gasteiger partial charge in [-0.2, -0.15) is 0 Å². The van der Waals surface area contributed by atoms with E-state index in [0.29, 0.717) is 0 Å². The lowest BCUT2D eigenvalue weighted by molar-refractivity contribution is -0.329. The maximum atomic E-state index is 8.51. The molecule has 0 rings (SSSR count). The molecular formula is C4H10O6. The van der Waals surface area contributed by atoms with Crippen molar-refractivity contribution < 1.29 is 30.6 Å². The average molecular weight is 154 g/mol. The highest BCUT2D eigenvalue weighted by Crippen LogP contribution is 2.09. The van der Waals surface area contributed by atoms with Crippen LogP contribution < -0.4 is 0 Å². The first-order chi connectivity index (χ1) is 4.42. The second kappa shape index (κ2) is 3.24. The Morgan fingerprint density at radius 1 is 1.10 bits per heavy atom. The van der Waals surface area contributed by atoms with Gasteiger partial charge >= 0.3 is 0 Å². The number of hydrogen-bond donors (Lipinski definition) is 6. The minimum Gasteiger partial charge on any atom is -0.393 e. The molecule has 0 aromatic heterocycles. The third-order valence-electron chi connectivity index (χ3n) is 1.04. The van der Waals surface area contributed by atoms with Crippen molar-refractivity contribution >= 4 is 0 Å². The van der Waals surface area contributed by atoms with E-state index in [0.717, 1.165) is 0 Å². The molecular weight excluding hydrogens is 144 g/mol. The lowest BCUT2D eigenvalue weighted by atomic mass is 10.1. The van der Waals surface area contributed by atoms with E-state index in [1.807, 2.05) is 0 Å². The molecule has 1 atom stereocenters. The van der Waals surface area contributed by atoms with Crippen molar-refractivity contribution in [3.8, 4) is 0 Å². The Morgan fingerprint density at radius 2 is 1.50 bits per heavy atom. The van der Waals surface area contributed by atoms with Gasteiger partial charge in [-0.3, -0.25) is 0 Å². The van der Waals surface area contributed by atoms with Crippen LogP contribution in [0.2, 0.25) is 0 Å². The summed E-state index contributed by atoms with van der Waals surface area (Å²) in [5.41, 5.74) is 0. The second-order valence-corrected chi connectivity index (χ2v) is 1.86. The van der Waals surface area contributed by atoms with E-state index >= 15 is 0 Å². The lowest BCUT2D eigenvalue weighted by Crippen LogP contribution is -2.53. The highest BCUT2D eigenvalue weighted by Gasteiger charge is 2.39. The van der Waals surface area contributed by atoms with Gasteiger partial charge in [-0.15, -0.1) is 0 Å². The van der Waals surface area contributed by atoms with Crippen molar-refractivity contribution in [3.05, 3.63) is 0 Å². The normalized spacial score (nSPS) is 15.9. The molecule has 0 radical (unpaired) electrons. The van der Waals surface area contributed by atoms with Crippen LogP contribution >= 0.6 is 0 Å². The number of rotatable bonds is 3. The summed E-state index contributed by atoms with van der Waals surface area (Å²) in [5.74, 6) is -3.07. The van der Waals surface area contributed by atoms with Gasteiger partial charge in [-0.25, -0.2) is 0 Å². The molecule has 0 fully saturated rings. The molecule has 0 saturated carbocycles. The minimum absolute atomic E-state index is 0.968. The fourth-order valence-corrected chi connectivity index (χ4v) is 0.306. The molecule has 0 aliphatic heterocycles. The topological polar surface area (TPSA) is 121 Å². The van der Waals surface area contributed by atoms with E-state index in [9.17, 15) is 0 Å². The molecule has 0 aromatic carbocycles. The smallest absolute Gasteiger partial charge is 0.244 e. The van der Waals surface area contributed by atoms with Gasteiger partial charge in [-0.05, 0) is 0 Å². The van der Waals surface area contributed by atoms with Crippen LogP contribution in [0.15, 0.2) is 0 Å². The Bertz CT molecular complexity index is 99.9. The average Bonchev–Trinajstić information content (AvgIpc) is 1.86. The summed E-state index contributed by atoms with van der Waals surface area (Å²) in [6.45, 7) is -0.968. The fraction of sp³-hybridized carbons (Fsp3) is 1.00. The van der Waals surface area contributed by atoms with Crippen LogP contribution in [0.1, 0.15) is 0 Å². The highest BCUT2D eigenvalue weighted by molar-refractivity contribution is 4.75. The third kappa shape index (κ3) is 1.87. The van der Waals surface area contributed by atoms with Gasteiger partial charge < -0.3 is 30.6 Å². The van der Waals surface area contributed by atoms with Crippen molar-refractivity contribution in [1.82, 2.24) is 0 Å². The zero-order valence-electron chi connectivity index (χ0n) is 5.05. The Morgan fingerprint density at radius 3 is 1.60 bits per heavy atom. The summed E-state index contributed by atoms with van der Waals surface area (Å²) >= 11 is 0. The maximum absolute atomic E-state index is 8.51. The summed E-state index contributed by atoms with van der Waals surface area (Å²) in [6.07, 6.45) is -4.50. The van der Waals surface area contributed by atoms with Crippen LogP contribution in [0.3, 0.4) is 0 Å². The monoisotopic (exact) mass is 154 g/mol. The molecule has 0 saturated heterocycles. The van der Waals surface area contributed by atoms with E-state index in [-0.39, 0.29) is 0 Å². The first-order valence-corrected chi connectivity index (χ1v) is 2.52. The first-order valence-electron chi connectivity index (χ1n) is 2.52. The van der Waals surface area contributed by atoms with E-state index in [4.69, 9.17) is 30.6 Å². The van der Waals surface area contributed by atoms with E-state index in [1.54, 1.807) is 0 Å². The van der Waals surface area contributed by atoms with Gasteiger partial charge in [-0.1, -0.05) is 0 Å². The van der Waals surface area contributed by atoms with Gasteiger partial charge in [0.15, 0.2) is 0 Å². The van der Waals surface area contributed by atoms with E-state index in [2.05, 4.69) is 0 Å². The molecule has 62 valence electrons. The van der Waals surface area contributed by atoms with Gasteiger partial charge in [0, 0.05) is 0 Å². The van der Waals surface area contributed by atoms with Crippen molar-refractivity contribution in [3.63, 3.8) is 0 Å².